The van der Waals surface area contributed by atoms with E-state index in [-0.39, 0.29) is 30.4 Å². The van der Waals surface area contributed by atoms with E-state index in [0.29, 0.717) is 0 Å². The molecule has 2 rings (SSSR count). The Balaban J connectivity index is 2.30. The van der Waals surface area contributed by atoms with Crippen LogP contribution in [0.1, 0.15) is 29.6 Å². The van der Waals surface area contributed by atoms with Crippen LogP contribution in [-0.2, 0) is 0 Å². The average Bonchev–Trinajstić information content (AvgIpc) is 2.35. The third-order valence-corrected chi connectivity index (χ3v) is 3.51. The minimum Gasteiger partial charge on any atom is -0.395 e. The van der Waals surface area contributed by atoms with Crippen molar-refractivity contribution in [1.82, 2.24) is 4.90 Å². The van der Waals surface area contributed by atoms with Gasteiger partial charge in [0.1, 0.15) is 5.82 Å². The highest BCUT2D eigenvalue weighted by molar-refractivity contribution is 5.95. The maximum Gasteiger partial charge on any atom is 0.270 e. The molecule has 0 aromatic heterocycles. The Kier molecular flexibility index (Phi) is 4.29. The Labute approximate surface area is 115 Å². The van der Waals surface area contributed by atoms with Crippen molar-refractivity contribution in [3.63, 3.8) is 0 Å². The SMILES string of the molecule is O=C(c1cc([N+](=O)[O-])ccc1F)N(CCO)C1CCC1. The summed E-state index contributed by atoms with van der Waals surface area (Å²) >= 11 is 0. The summed E-state index contributed by atoms with van der Waals surface area (Å²) in [6, 6.07) is 2.86. The number of rotatable bonds is 5. The van der Waals surface area contributed by atoms with Gasteiger partial charge in [-0.3, -0.25) is 14.9 Å². The van der Waals surface area contributed by atoms with Gasteiger partial charge in [0.2, 0.25) is 0 Å². The maximum absolute atomic E-state index is 13.7. The van der Waals surface area contributed by atoms with E-state index in [9.17, 15) is 19.3 Å². The van der Waals surface area contributed by atoms with Crippen LogP contribution < -0.4 is 0 Å². The first-order chi connectivity index (χ1) is 9.54. The van der Waals surface area contributed by atoms with Crippen LogP contribution in [0.5, 0.6) is 0 Å². The summed E-state index contributed by atoms with van der Waals surface area (Å²) in [4.78, 5) is 23.7. The number of carbonyl (C=O) groups is 1. The Hall–Kier alpha value is -2.02. The summed E-state index contributed by atoms with van der Waals surface area (Å²) in [5.74, 6) is -1.40. The number of nitro benzene ring substituents is 1. The predicted octanol–water partition coefficient (Wildman–Crippen LogP) is 1.72. The number of nitro groups is 1. The molecule has 0 heterocycles. The molecular weight excluding hydrogens is 267 g/mol. The summed E-state index contributed by atoms with van der Waals surface area (Å²) in [5.41, 5.74) is -0.646. The molecule has 1 aliphatic carbocycles. The van der Waals surface area contributed by atoms with Crippen LogP contribution in [0, 0.1) is 15.9 Å². The first-order valence-electron chi connectivity index (χ1n) is 6.40. The first kappa shape index (κ1) is 14.4. The van der Waals surface area contributed by atoms with Crippen molar-refractivity contribution in [1.29, 1.82) is 0 Å². The van der Waals surface area contributed by atoms with E-state index in [0.717, 1.165) is 37.5 Å². The molecule has 0 spiro atoms. The predicted molar refractivity (Wildman–Crippen MR) is 68.8 cm³/mol. The quantitative estimate of drug-likeness (QED) is 0.658. The molecular formula is C13H15FN2O4. The van der Waals surface area contributed by atoms with Crippen LogP contribution in [0.2, 0.25) is 0 Å². The number of benzene rings is 1. The number of amides is 1. The zero-order chi connectivity index (χ0) is 14.7. The van der Waals surface area contributed by atoms with Crippen molar-refractivity contribution < 1.29 is 19.2 Å². The van der Waals surface area contributed by atoms with Crippen molar-refractivity contribution >= 4 is 11.6 Å². The Morgan fingerprint density at radius 2 is 2.20 bits per heavy atom. The number of non-ortho nitro benzene ring substituents is 1. The van der Waals surface area contributed by atoms with Gasteiger partial charge in [-0.05, 0) is 25.3 Å². The highest BCUT2D eigenvalue weighted by atomic mass is 19.1. The molecule has 1 aromatic rings. The smallest absolute Gasteiger partial charge is 0.270 e. The second-order valence-corrected chi connectivity index (χ2v) is 4.73. The van der Waals surface area contributed by atoms with Gasteiger partial charge in [-0.25, -0.2) is 4.39 Å². The first-order valence-corrected chi connectivity index (χ1v) is 6.40. The summed E-state index contributed by atoms with van der Waals surface area (Å²) in [7, 11) is 0. The van der Waals surface area contributed by atoms with Gasteiger partial charge < -0.3 is 10.0 Å². The van der Waals surface area contributed by atoms with E-state index < -0.39 is 16.6 Å². The molecule has 108 valence electrons. The third kappa shape index (κ3) is 2.77. The molecule has 20 heavy (non-hydrogen) atoms. The van der Waals surface area contributed by atoms with E-state index in [1.54, 1.807) is 0 Å². The van der Waals surface area contributed by atoms with Crippen molar-refractivity contribution in [3.8, 4) is 0 Å². The lowest BCUT2D eigenvalue weighted by Crippen LogP contribution is -2.45. The molecule has 7 heteroatoms. The summed E-state index contributed by atoms with van der Waals surface area (Å²) in [6.07, 6.45) is 2.60. The molecule has 0 unspecified atom stereocenters. The third-order valence-electron chi connectivity index (χ3n) is 3.51. The number of hydrogen-bond donors (Lipinski definition) is 1. The molecule has 0 bridgehead atoms. The second kappa shape index (κ2) is 5.96. The average molecular weight is 282 g/mol. The van der Waals surface area contributed by atoms with E-state index in [1.807, 2.05) is 0 Å². The number of hydrogen-bond acceptors (Lipinski definition) is 4. The van der Waals surface area contributed by atoms with Crippen molar-refractivity contribution in [3.05, 3.63) is 39.7 Å². The molecule has 1 aromatic carbocycles. The van der Waals surface area contributed by atoms with E-state index >= 15 is 0 Å². The van der Waals surface area contributed by atoms with Gasteiger partial charge >= 0.3 is 0 Å². The van der Waals surface area contributed by atoms with Gasteiger partial charge in [0.25, 0.3) is 11.6 Å². The van der Waals surface area contributed by atoms with Crippen LogP contribution in [-0.4, -0.2) is 40.0 Å². The lowest BCUT2D eigenvalue weighted by molar-refractivity contribution is -0.384. The number of aliphatic hydroxyl groups is 1. The number of carbonyl (C=O) groups excluding carboxylic acids is 1. The molecule has 1 N–H and O–H groups in total. The number of halogens is 1. The largest absolute Gasteiger partial charge is 0.395 e. The fourth-order valence-corrected chi connectivity index (χ4v) is 2.20. The van der Waals surface area contributed by atoms with Crippen molar-refractivity contribution in [2.24, 2.45) is 0 Å². The van der Waals surface area contributed by atoms with Gasteiger partial charge in [-0.15, -0.1) is 0 Å². The highest BCUT2D eigenvalue weighted by Crippen LogP contribution is 2.27. The standard InChI is InChI=1S/C13H15FN2O4/c14-12-5-4-10(16(19)20)8-11(12)13(18)15(6-7-17)9-2-1-3-9/h4-5,8-9,17H,1-3,6-7H2. The Bertz CT molecular complexity index is 531. The Morgan fingerprint density at radius 3 is 2.70 bits per heavy atom. The van der Waals surface area contributed by atoms with Crippen molar-refractivity contribution in [2.75, 3.05) is 13.2 Å². The normalized spacial score (nSPS) is 14.7. The Morgan fingerprint density at radius 1 is 1.50 bits per heavy atom. The van der Waals surface area contributed by atoms with Crippen LogP contribution in [0.3, 0.4) is 0 Å². The molecule has 0 radical (unpaired) electrons. The highest BCUT2D eigenvalue weighted by Gasteiger charge is 2.31. The fourth-order valence-electron chi connectivity index (χ4n) is 2.20. The van der Waals surface area contributed by atoms with Crippen LogP contribution in [0.25, 0.3) is 0 Å². The monoisotopic (exact) mass is 282 g/mol. The van der Waals surface area contributed by atoms with Gasteiger partial charge in [0, 0.05) is 24.7 Å². The summed E-state index contributed by atoms with van der Waals surface area (Å²) < 4.78 is 13.7. The minimum atomic E-state index is -0.789. The lowest BCUT2D eigenvalue weighted by atomic mass is 9.91. The topological polar surface area (TPSA) is 83.7 Å². The lowest BCUT2D eigenvalue weighted by Gasteiger charge is -2.37. The molecule has 1 fully saturated rings. The van der Waals surface area contributed by atoms with Crippen LogP contribution >= 0.6 is 0 Å². The van der Waals surface area contributed by atoms with Crippen LogP contribution in [0.4, 0.5) is 10.1 Å². The van der Waals surface area contributed by atoms with Gasteiger partial charge in [-0.1, -0.05) is 0 Å². The van der Waals surface area contributed by atoms with E-state index in [1.165, 1.54) is 4.90 Å². The van der Waals surface area contributed by atoms with E-state index in [4.69, 9.17) is 5.11 Å². The van der Waals surface area contributed by atoms with Gasteiger partial charge in [0.05, 0.1) is 17.1 Å². The van der Waals surface area contributed by atoms with Gasteiger partial charge in [0.15, 0.2) is 0 Å². The molecule has 1 saturated carbocycles. The maximum atomic E-state index is 13.7. The molecule has 0 aliphatic heterocycles. The summed E-state index contributed by atoms with van der Waals surface area (Å²) in [5, 5.41) is 19.7. The van der Waals surface area contributed by atoms with Gasteiger partial charge in [-0.2, -0.15) is 0 Å². The molecule has 6 nitrogen and oxygen atoms in total. The molecule has 1 amide bonds. The molecule has 0 saturated heterocycles. The molecule has 0 atom stereocenters. The summed E-state index contributed by atoms with van der Waals surface area (Å²) in [6.45, 7) is -0.121. The number of nitrogens with zero attached hydrogens (tertiary/aromatic N) is 2. The van der Waals surface area contributed by atoms with E-state index in [2.05, 4.69) is 0 Å². The molecule has 1 aliphatic rings. The zero-order valence-electron chi connectivity index (χ0n) is 10.8. The van der Waals surface area contributed by atoms with Crippen LogP contribution in [0.15, 0.2) is 18.2 Å². The zero-order valence-corrected chi connectivity index (χ0v) is 10.8. The number of aliphatic hydroxyl groups excluding tert-OH is 1. The van der Waals surface area contributed by atoms with Crippen molar-refractivity contribution in [2.45, 2.75) is 25.3 Å². The minimum absolute atomic E-state index is 0.0201. The fraction of sp³-hybridized carbons (Fsp3) is 0.462. The second-order valence-electron chi connectivity index (χ2n) is 4.73.